The lowest BCUT2D eigenvalue weighted by Gasteiger charge is -2.48. The second kappa shape index (κ2) is 2.19. The van der Waals surface area contributed by atoms with Gasteiger partial charge in [0.05, 0.1) is 19.8 Å². The van der Waals surface area contributed by atoms with Crippen molar-refractivity contribution < 1.29 is 9.84 Å². The van der Waals surface area contributed by atoms with E-state index in [1.54, 1.807) is 0 Å². The predicted molar refractivity (Wildman–Crippen MR) is 41.3 cm³/mol. The highest BCUT2D eigenvalue weighted by Gasteiger charge is 2.56. The molecule has 2 saturated heterocycles. The van der Waals surface area contributed by atoms with E-state index < -0.39 is 0 Å². The number of hydrogen-bond donors (Lipinski definition) is 2. The zero-order valence-electron chi connectivity index (χ0n) is 6.89. The van der Waals surface area contributed by atoms with Crippen molar-refractivity contribution in [3.05, 3.63) is 0 Å². The average Bonchev–Trinajstić information content (AvgIpc) is 2.27. The van der Waals surface area contributed by atoms with Crippen molar-refractivity contribution in [3.63, 3.8) is 0 Å². The topological polar surface area (TPSA) is 41.5 Å². The Bertz CT molecular complexity index is 158. The summed E-state index contributed by atoms with van der Waals surface area (Å²) in [7, 11) is 0. The van der Waals surface area contributed by atoms with Gasteiger partial charge in [0.15, 0.2) is 0 Å². The van der Waals surface area contributed by atoms with Crippen LogP contribution in [-0.4, -0.2) is 38.0 Å². The minimum Gasteiger partial charge on any atom is -0.396 e. The molecule has 0 radical (unpaired) electrons. The lowest BCUT2D eigenvalue weighted by molar-refractivity contribution is -0.165. The van der Waals surface area contributed by atoms with Crippen LogP contribution in [0.3, 0.4) is 0 Å². The van der Waals surface area contributed by atoms with Crippen LogP contribution in [0.25, 0.3) is 0 Å². The van der Waals surface area contributed by atoms with Crippen molar-refractivity contribution in [1.29, 1.82) is 0 Å². The fraction of sp³-hybridized carbons (Fsp3) is 1.00. The number of aliphatic hydroxyl groups is 1. The van der Waals surface area contributed by atoms with Crippen LogP contribution in [0.15, 0.2) is 0 Å². The highest BCUT2D eigenvalue weighted by molar-refractivity contribution is 5.06. The minimum absolute atomic E-state index is 0.0469. The molecule has 1 atom stereocenters. The van der Waals surface area contributed by atoms with Crippen LogP contribution < -0.4 is 5.32 Å². The first-order chi connectivity index (χ1) is 5.22. The summed E-state index contributed by atoms with van der Waals surface area (Å²) in [5, 5.41) is 12.5. The van der Waals surface area contributed by atoms with Crippen molar-refractivity contribution in [1.82, 2.24) is 5.32 Å². The van der Waals surface area contributed by atoms with E-state index in [0.717, 1.165) is 26.3 Å². The van der Waals surface area contributed by atoms with Gasteiger partial charge in [-0.25, -0.2) is 0 Å². The highest BCUT2D eigenvalue weighted by atomic mass is 16.5. The molecule has 2 fully saturated rings. The predicted octanol–water partition coefficient (Wildman–Crippen LogP) is -0.395. The Hall–Kier alpha value is -0.120. The van der Waals surface area contributed by atoms with E-state index in [4.69, 9.17) is 4.74 Å². The van der Waals surface area contributed by atoms with Gasteiger partial charge in [-0.3, -0.25) is 0 Å². The number of aliphatic hydroxyl groups excluding tert-OH is 1. The molecule has 0 aliphatic carbocycles. The largest absolute Gasteiger partial charge is 0.396 e. The second-order valence-electron chi connectivity index (χ2n) is 4.10. The fourth-order valence-corrected chi connectivity index (χ4v) is 2.00. The van der Waals surface area contributed by atoms with Gasteiger partial charge in [0.1, 0.15) is 0 Å². The Kier molecular flexibility index (Phi) is 1.50. The quantitative estimate of drug-likeness (QED) is 0.544. The molecule has 2 N–H and O–H groups in total. The van der Waals surface area contributed by atoms with E-state index in [1.165, 1.54) is 0 Å². The van der Waals surface area contributed by atoms with Gasteiger partial charge in [-0.2, -0.15) is 0 Å². The summed E-state index contributed by atoms with van der Waals surface area (Å²) in [5.74, 6) is 0. The van der Waals surface area contributed by atoms with Gasteiger partial charge >= 0.3 is 0 Å². The van der Waals surface area contributed by atoms with Crippen molar-refractivity contribution in [2.75, 3.05) is 32.9 Å². The molecule has 1 spiro atoms. The van der Waals surface area contributed by atoms with Crippen LogP contribution in [0.2, 0.25) is 0 Å². The third kappa shape index (κ3) is 0.789. The average molecular weight is 157 g/mol. The number of rotatable bonds is 1. The van der Waals surface area contributed by atoms with Crippen LogP contribution >= 0.6 is 0 Å². The molecule has 64 valence electrons. The summed E-state index contributed by atoms with van der Waals surface area (Å²) >= 11 is 0. The fourth-order valence-electron chi connectivity index (χ4n) is 2.00. The molecule has 2 rings (SSSR count). The van der Waals surface area contributed by atoms with E-state index in [9.17, 15) is 5.11 Å². The normalized spacial score (nSPS) is 40.9. The number of hydrogen-bond acceptors (Lipinski definition) is 3. The first-order valence-corrected chi connectivity index (χ1v) is 4.12. The maximum Gasteiger partial charge on any atom is 0.0563 e. The van der Waals surface area contributed by atoms with Crippen LogP contribution in [-0.2, 0) is 4.74 Å². The van der Waals surface area contributed by atoms with Gasteiger partial charge in [0, 0.05) is 23.9 Å². The molecule has 0 aromatic heterocycles. The van der Waals surface area contributed by atoms with Gasteiger partial charge in [-0.1, -0.05) is 6.92 Å². The van der Waals surface area contributed by atoms with Crippen molar-refractivity contribution >= 4 is 0 Å². The first kappa shape index (κ1) is 7.53. The zero-order valence-corrected chi connectivity index (χ0v) is 6.89. The Labute approximate surface area is 66.7 Å². The van der Waals surface area contributed by atoms with Gasteiger partial charge in [0.2, 0.25) is 0 Å². The van der Waals surface area contributed by atoms with Crippen molar-refractivity contribution in [2.24, 2.45) is 10.8 Å². The summed E-state index contributed by atoms with van der Waals surface area (Å²) in [5.41, 5.74) is 0.285. The van der Waals surface area contributed by atoms with Gasteiger partial charge < -0.3 is 15.2 Å². The van der Waals surface area contributed by atoms with E-state index in [1.807, 2.05) is 0 Å². The number of nitrogens with one attached hydrogen (secondary N) is 1. The maximum atomic E-state index is 9.23. The summed E-state index contributed by atoms with van der Waals surface area (Å²) < 4.78 is 5.21. The molecule has 2 aliphatic heterocycles. The van der Waals surface area contributed by atoms with Gasteiger partial charge in [-0.15, -0.1) is 0 Å². The van der Waals surface area contributed by atoms with Crippen LogP contribution in [0.5, 0.6) is 0 Å². The monoisotopic (exact) mass is 157 g/mol. The Morgan fingerprint density at radius 3 is 2.55 bits per heavy atom. The Morgan fingerprint density at radius 2 is 2.18 bits per heavy atom. The van der Waals surface area contributed by atoms with Gasteiger partial charge in [0.25, 0.3) is 0 Å². The van der Waals surface area contributed by atoms with Crippen LogP contribution in [0, 0.1) is 10.8 Å². The Morgan fingerprint density at radius 1 is 1.45 bits per heavy atom. The standard InChI is InChI=1S/C8H15NO2/c1-7(4-10)2-9-3-8(7)5-11-6-8/h9-10H,2-6H2,1H3. The molecule has 3 nitrogen and oxygen atoms in total. The molecule has 2 aliphatic rings. The molecule has 0 aromatic carbocycles. The Balaban J connectivity index is 2.19. The van der Waals surface area contributed by atoms with Gasteiger partial charge in [-0.05, 0) is 0 Å². The number of ether oxygens (including phenoxy) is 1. The van der Waals surface area contributed by atoms with Crippen molar-refractivity contribution in [2.45, 2.75) is 6.92 Å². The molecule has 0 bridgehead atoms. The van der Waals surface area contributed by atoms with Crippen LogP contribution in [0.4, 0.5) is 0 Å². The zero-order chi connectivity index (χ0) is 7.95. The van der Waals surface area contributed by atoms with E-state index in [2.05, 4.69) is 12.2 Å². The summed E-state index contributed by atoms with van der Waals surface area (Å²) in [6, 6.07) is 0. The maximum absolute atomic E-state index is 9.23. The molecule has 2 heterocycles. The molecule has 0 aromatic rings. The molecule has 3 heteroatoms. The lowest BCUT2D eigenvalue weighted by atomic mass is 9.66. The summed E-state index contributed by atoms with van der Waals surface area (Å²) in [6.07, 6.45) is 0. The SMILES string of the molecule is CC1(CO)CNCC12COC2. The first-order valence-electron chi connectivity index (χ1n) is 4.12. The van der Waals surface area contributed by atoms with Crippen molar-refractivity contribution in [3.8, 4) is 0 Å². The lowest BCUT2D eigenvalue weighted by Crippen LogP contribution is -2.55. The smallest absolute Gasteiger partial charge is 0.0563 e. The molecule has 1 unspecified atom stereocenters. The summed E-state index contributed by atoms with van der Waals surface area (Å²) in [4.78, 5) is 0. The molecular formula is C8H15NO2. The molecule has 0 amide bonds. The van der Waals surface area contributed by atoms with E-state index in [0.29, 0.717) is 0 Å². The van der Waals surface area contributed by atoms with Crippen LogP contribution in [0.1, 0.15) is 6.92 Å². The van der Waals surface area contributed by atoms with E-state index >= 15 is 0 Å². The third-order valence-corrected chi connectivity index (χ3v) is 3.36. The molecular weight excluding hydrogens is 142 g/mol. The second-order valence-corrected chi connectivity index (χ2v) is 4.10. The molecule has 11 heavy (non-hydrogen) atoms. The minimum atomic E-state index is 0.0469. The summed E-state index contributed by atoms with van der Waals surface area (Å²) in [6.45, 7) is 5.96. The van der Waals surface area contributed by atoms with E-state index in [-0.39, 0.29) is 17.4 Å². The highest BCUT2D eigenvalue weighted by Crippen LogP contribution is 2.47. The molecule has 0 saturated carbocycles. The third-order valence-electron chi connectivity index (χ3n) is 3.36.